The molecule has 2 aliphatic rings. The van der Waals surface area contributed by atoms with Crippen molar-refractivity contribution in [1.29, 1.82) is 0 Å². The second-order valence-corrected chi connectivity index (χ2v) is 6.93. The Balaban J connectivity index is 1.20. The first-order chi connectivity index (χ1) is 13.3. The van der Waals surface area contributed by atoms with Gasteiger partial charge < -0.3 is 24.4 Å². The highest BCUT2D eigenvalue weighted by molar-refractivity contribution is 5.89. The van der Waals surface area contributed by atoms with Crippen LogP contribution in [-0.4, -0.2) is 37.4 Å². The van der Waals surface area contributed by atoms with Crippen LogP contribution in [0, 0.1) is 5.92 Å². The maximum atomic E-state index is 12.5. The largest absolute Gasteiger partial charge is 0.454 e. The van der Waals surface area contributed by atoms with Crippen LogP contribution in [0.3, 0.4) is 0 Å². The van der Waals surface area contributed by atoms with E-state index >= 15 is 0 Å². The fourth-order valence-electron chi connectivity index (χ4n) is 3.40. The van der Waals surface area contributed by atoms with Gasteiger partial charge in [0, 0.05) is 31.5 Å². The molecule has 1 fully saturated rings. The van der Waals surface area contributed by atoms with Gasteiger partial charge in [0.25, 0.3) is 0 Å². The number of fused-ring (bicyclic) bond motifs is 1. The Hall–Kier alpha value is -2.73. The van der Waals surface area contributed by atoms with E-state index in [0.717, 1.165) is 38.2 Å². The molecule has 2 aliphatic heterocycles. The van der Waals surface area contributed by atoms with Gasteiger partial charge in [-0.15, -0.1) is 0 Å². The maximum Gasteiger partial charge on any atom is 0.321 e. The first-order valence-electron chi connectivity index (χ1n) is 9.35. The minimum Gasteiger partial charge on any atom is -0.454 e. The van der Waals surface area contributed by atoms with Crippen molar-refractivity contribution in [1.82, 2.24) is 4.90 Å². The normalized spacial score (nSPS) is 16.4. The third kappa shape index (κ3) is 4.52. The number of hydrogen-bond donors (Lipinski definition) is 1. The summed E-state index contributed by atoms with van der Waals surface area (Å²) in [5.74, 6) is 1.88. The zero-order valence-corrected chi connectivity index (χ0v) is 15.2. The molecule has 2 heterocycles. The van der Waals surface area contributed by atoms with E-state index in [9.17, 15) is 4.79 Å². The fraction of sp³-hybridized carbons (Fsp3) is 0.381. The van der Waals surface area contributed by atoms with Gasteiger partial charge in [-0.2, -0.15) is 0 Å². The molecule has 0 saturated carbocycles. The highest BCUT2D eigenvalue weighted by atomic mass is 16.7. The van der Waals surface area contributed by atoms with Gasteiger partial charge in [0.15, 0.2) is 11.5 Å². The van der Waals surface area contributed by atoms with E-state index in [1.54, 1.807) is 6.07 Å². The Bertz CT molecular complexity index is 773. The number of carbonyl (C=O) groups excluding carboxylic acids is 1. The molecule has 6 heteroatoms. The van der Waals surface area contributed by atoms with Crippen LogP contribution in [0.5, 0.6) is 11.5 Å². The predicted molar refractivity (Wildman–Crippen MR) is 102 cm³/mol. The number of anilines is 1. The molecule has 27 heavy (non-hydrogen) atoms. The molecule has 6 nitrogen and oxygen atoms in total. The monoisotopic (exact) mass is 368 g/mol. The summed E-state index contributed by atoms with van der Waals surface area (Å²) in [6, 6.07) is 15.6. The average molecular weight is 368 g/mol. The molecule has 0 bridgehead atoms. The Morgan fingerprint density at radius 2 is 1.85 bits per heavy atom. The predicted octanol–water partition coefficient (Wildman–Crippen LogP) is 3.88. The molecule has 0 aliphatic carbocycles. The maximum absolute atomic E-state index is 12.5. The molecular formula is C21H24N2O4. The van der Waals surface area contributed by atoms with Gasteiger partial charge in [0.2, 0.25) is 6.79 Å². The molecule has 0 radical (unpaired) electrons. The lowest BCUT2D eigenvalue weighted by Crippen LogP contribution is -2.41. The Labute approximate surface area is 159 Å². The first kappa shape index (κ1) is 17.7. The van der Waals surface area contributed by atoms with Crippen molar-refractivity contribution < 1.29 is 19.0 Å². The molecule has 4 rings (SSSR count). The smallest absolute Gasteiger partial charge is 0.321 e. The van der Waals surface area contributed by atoms with Gasteiger partial charge in [-0.25, -0.2) is 4.79 Å². The zero-order valence-electron chi connectivity index (χ0n) is 15.2. The van der Waals surface area contributed by atoms with E-state index in [0.29, 0.717) is 24.0 Å². The van der Waals surface area contributed by atoms with Crippen LogP contribution in [0.25, 0.3) is 0 Å². The lowest BCUT2D eigenvalue weighted by molar-refractivity contribution is 0.0640. The van der Waals surface area contributed by atoms with Gasteiger partial charge >= 0.3 is 6.03 Å². The number of likely N-dealkylation sites (tertiary alicyclic amines) is 1. The molecule has 1 N–H and O–H groups in total. The Morgan fingerprint density at radius 1 is 1.07 bits per heavy atom. The third-order valence-electron chi connectivity index (χ3n) is 4.99. The summed E-state index contributed by atoms with van der Waals surface area (Å²) in [6.07, 6.45) is 1.92. The number of piperidine rings is 1. The van der Waals surface area contributed by atoms with Crippen LogP contribution in [-0.2, 0) is 11.3 Å². The van der Waals surface area contributed by atoms with E-state index in [1.807, 2.05) is 35.2 Å². The molecule has 0 aromatic heterocycles. The van der Waals surface area contributed by atoms with Crippen LogP contribution in [0.2, 0.25) is 0 Å². The third-order valence-corrected chi connectivity index (χ3v) is 4.99. The van der Waals surface area contributed by atoms with E-state index in [-0.39, 0.29) is 12.8 Å². The number of benzene rings is 2. The van der Waals surface area contributed by atoms with Crippen molar-refractivity contribution in [3.05, 3.63) is 54.1 Å². The molecule has 2 aromatic rings. The van der Waals surface area contributed by atoms with Gasteiger partial charge in [-0.05, 0) is 36.5 Å². The summed E-state index contributed by atoms with van der Waals surface area (Å²) in [5, 5.41) is 2.94. The van der Waals surface area contributed by atoms with E-state index < -0.39 is 0 Å². The zero-order chi connectivity index (χ0) is 18.5. The molecule has 0 atom stereocenters. The summed E-state index contributed by atoms with van der Waals surface area (Å²) >= 11 is 0. The number of urea groups is 1. The van der Waals surface area contributed by atoms with Crippen molar-refractivity contribution >= 4 is 11.7 Å². The first-order valence-corrected chi connectivity index (χ1v) is 9.35. The van der Waals surface area contributed by atoms with Gasteiger partial charge in [-0.3, -0.25) is 0 Å². The highest BCUT2D eigenvalue weighted by Gasteiger charge is 2.23. The molecule has 0 unspecified atom stereocenters. The minimum atomic E-state index is -0.0717. The van der Waals surface area contributed by atoms with E-state index in [1.165, 1.54) is 5.56 Å². The summed E-state index contributed by atoms with van der Waals surface area (Å²) in [7, 11) is 0. The van der Waals surface area contributed by atoms with Crippen LogP contribution in [0.1, 0.15) is 18.4 Å². The van der Waals surface area contributed by atoms with E-state index in [2.05, 4.69) is 17.4 Å². The summed E-state index contributed by atoms with van der Waals surface area (Å²) in [4.78, 5) is 14.3. The molecule has 2 aromatic carbocycles. The minimum absolute atomic E-state index is 0.0717. The van der Waals surface area contributed by atoms with Crippen molar-refractivity contribution in [3.63, 3.8) is 0 Å². The lowest BCUT2D eigenvalue weighted by atomic mass is 9.98. The topological polar surface area (TPSA) is 60.0 Å². The molecule has 142 valence electrons. The summed E-state index contributed by atoms with van der Waals surface area (Å²) in [5.41, 5.74) is 1.91. The standard InChI is InChI=1S/C21H24N2O4/c24-21(22-18-6-7-19-20(12-18)27-15-26-19)23-10-8-17(9-11-23)14-25-13-16-4-2-1-3-5-16/h1-7,12,17H,8-11,13-15H2,(H,22,24). The van der Waals surface area contributed by atoms with Crippen molar-refractivity contribution in [2.45, 2.75) is 19.4 Å². The SMILES string of the molecule is O=C(Nc1ccc2c(c1)OCO2)N1CCC(COCc2ccccc2)CC1. The number of carbonyl (C=O) groups is 1. The quantitative estimate of drug-likeness (QED) is 0.870. The highest BCUT2D eigenvalue weighted by Crippen LogP contribution is 2.34. The van der Waals surface area contributed by atoms with E-state index in [4.69, 9.17) is 14.2 Å². The van der Waals surface area contributed by atoms with Crippen molar-refractivity contribution in [2.24, 2.45) is 5.92 Å². The second-order valence-electron chi connectivity index (χ2n) is 6.93. The van der Waals surface area contributed by atoms with Crippen molar-refractivity contribution in [3.8, 4) is 11.5 Å². The number of nitrogens with zero attached hydrogens (tertiary/aromatic N) is 1. The Morgan fingerprint density at radius 3 is 2.67 bits per heavy atom. The second kappa shape index (κ2) is 8.31. The lowest BCUT2D eigenvalue weighted by Gasteiger charge is -2.31. The fourth-order valence-corrected chi connectivity index (χ4v) is 3.40. The Kier molecular flexibility index (Phi) is 5.44. The number of amides is 2. The van der Waals surface area contributed by atoms with Crippen molar-refractivity contribution in [2.75, 3.05) is 31.8 Å². The number of rotatable bonds is 5. The number of nitrogens with one attached hydrogen (secondary N) is 1. The number of hydrogen-bond acceptors (Lipinski definition) is 4. The van der Waals surface area contributed by atoms with Crippen LogP contribution >= 0.6 is 0 Å². The van der Waals surface area contributed by atoms with Crippen LogP contribution < -0.4 is 14.8 Å². The van der Waals surface area contributed by atoms with Gasteiger partial charge in [0.05, 0.1) is 6.61 Å². The average Bonchev–Trinajstić information content (AvgIpc) is 3.17. The van der Waals surface area contributed by atoms with Gasteiger partial charge in [-0.1, -0.05) is 30.3 Å². The van der Waals surface area contributed by atoms with Crippen LogP contribution in [0.4, 0.5) is 10.5 Å². The molecule has 0 spiro atoms. The molecule has 1 saturated heterocycles. The molecular weight excluding hydrogens is 344 g/mol. The van der Waals surface area contributed by atoms with Crippen LogP contribution in [0.15, 0.2) is 48.5 Å². The summed E-state index contributed by atoms with van der Waals surface area (Å²) in [6.45, 7) is 3.11. The molecule has 2 amide bonds. The summed E-state index contributed by atoms with van der Waals surface area (Å²) < 4.78 is 16.5. The van der Waals surface area contributed by atoms with Gasteiger partial charge in [0.1, 0.15) is 0 Å². The number of ether oxygens (including phenoxy) is 3.